The Kier molecular flexibility index (Phi) is 5.76. The second-order valence-corrected chi connectivity index (χ2v) is 7.31. The van der Waals surface area contributed by atoms with Gasteiger partial charge < -0.3 is 21.1 Å². The highest BCUT2D eigenvalue weighted by Gasteiger charge is 2.41. The van der Waals surface area contributed by atoms with Crippen LogP contribution in [0.15, 0.2) is 24.3 Å². The lowest BCUT2D eigenvalue weighted by Gasteiger charge is -2.18. The molecule has 1 aromatic carbocycles. The van der Waals surface area contributed by atoms with Gasteiger partial charge >= 0.3 is 0 Å². The Labute approximate surface area is 158 Å². The topological polar surface area (TPSA) is 119 Å². The number of ether oxygens (including phenoxy) is 1. The summed E-state index contributed by atoms with van der Waals surface area (Å²) in [4.78, 5) is 39.6. The van der Waals surface area contributed by atoms with Crippen molar-refractivity contribution < 1.29 is 19.1 Å². The van der Waals surface area contributed by atoms with Crippen molar-refractivity contribution in [1.82, 2.24) is 9.80 Å². The number of amides is 3. The molecule has 0 bridgehead atoms. The van der Waals surface area contributed by atoms with E-state index in [0.29, 0.717) is 5.56 Å². The third kappa shape index (κ3) is 4.28. The number of benzene rings is 1. The average Bonchev–Trinajstić information content (AvgIpc) is 3.29. The number of hydrogen-bond acceptors (Lipinski definition) is 5. The monoisotopic (exact) mass is 374 g/mol. The van der Waals surface area contributed by atoms with Gasteiger partial charge in [-0.25, -0.2) is 0 Å². The summed E-state index contributed by atoms with van der Waals surface area (Å²) in [5, 5.41) is 0. The van der Waals surface area contributed by atoms with E-state index in [1.807, 2.05) is 12.1 Å². The molecule has 8 nitrogen and oxygen atoms in total. The molecule has 2 heterocycles. The lowest BCUT2D eigenvalue weighted by Crippen LogP contribution is -2.36. The molecule has 0 aromatic heterocycles. The van der Waals surface area contributed by atoms with Gasteiger partial charge in [0.05, 0.1) is 17.9 Å². The summed E-state index contributed by atoms with van der Waals surface area (Å²) in [6.45, 7) is 2.96. The molecule has 3 atom stereocenters. The first-order valence-electron chi connectivity index (χ1n) is 9.11. The Morgan fingerprint density at radius 2 is 1.63 bits per heavy atom. The highest BCUT2D eigenvalue weighted by Crippen LogP contribution is 2.25. The smallest absolute Gasteiger partial charge is 0.253 e. The highest BCUT2D eigenvalue weighted by molar-refractivity contribution is 5.96. The van der Waals surface area contributed by atoms with E-state index < -0.39 is 23.7 Å². The lowest BCUT2D eigenvalue weighted by atomic mass is 9.95. The van der Waals surface area contributed by atoms with E-state index in [2.05, 4.69) is 4.90 Å². The standard InChI is InChI=1S/C19H26N4O4/c1-27-14-6-7-22(9-14)8-12-2-4-13(5-3-12)19(26)23-10-15(17(20)24)16(11-23)18(21)25/h2-5,14-16H,6-11H2,1H3,(H2,20,24)(H2,21,25)/t14-,15-,16-/m1/s1. The number of hydrogen-bond donors (Lipinski definition) is 2. The molecule has 0 saturated carbocycles. The van der Waals surface area contributed by atoms with Crippen molar-refractivity contribution in [3.8, 4) is 0 Å². The van der Waals surface area contributed by atoms with Crippen LogP contribution < -0.4 is 11.5 Å². The summed E-state index contributed by atoms with van der Waals surface area (Å²) in [5.74, 6) is -2.89. The van der Waals surface area contributed by atoms with E-state index >= 15 is 0 Å². The van der Waals surface area contributed by atoms with Crippen LogP contribution in [0.1, 0.15) is 22.3 Å². The minimum Gasteiger partial charge on any atom is -0.380 e. The van der Waals surface area contributed by atoms with Crippen LogP contribution in [0.25, 0.3) is 0 Å². The zero-order valence-corrected chi connectivity index (χ0v) is 15.5. The van der Waals surface area contributed by atoms with Crippen LogP contribution in [0.4, 0.5) is 0 Å². The van der Waals surface area contributed by atoms with Gasteiger partial charge in [0.15, 0.2) is 0 Å². The average molecular weight is 374 g/mol. The number of carbonyl (C=O) groups is 3. The zero-order chi connectivity index (χ0) is 19.6. The summed E-state index contributed by atoms with van der Waals surface area (Å²) in [6, 6.07) is 7.41. The molecule has 146 valence electrons. The van der Waals surface area contributed by atoms with E-state index in [1.165, 1.54) is 4.90 Å². The molecule has 0 radical (unpaired) electrons. The van der Waals surface area contributed by atoms with Crippen molar-refractivity contribution in [2.75, 3.05) is 33.3 Å². The van der Waals surface area contributed by atoms with Crippen LogP contribution in [-0.2, 0) is 20.9 Å². The van der Waals surface area contributed by atoms with E-state index in [0.717, 1.165) is 31.6 Å². The molecule has 2 fully saturated rings. The van der Waals surface area contributed by atoms with Crippen LogP contribution in [0, 0.1) is 11.8 Å². The van der Waals surface area contributed by atoms with Crippen LogP contribution in [0.3, 0.4) is 0 Å². The van der Waals surface area contributed by atoms with Crippen molar-refractivity contribution in [3.05, 3.63) is 35.4 Å². The fourth-order valence-electron chi connectivity index (χ4n) is 3.87. The highest BCUT2D eigenvalue weighted by atomic mass is 16.5. The minimum absolute atomic E-state index is 0.121. The third-order valence-corrected chi connectivity index (χ3v) is 5.51. The Balaban J connectivity index is 1.62. The third-order valence-electron chi connectivity index (χ3n) is 5.51. The zero-order valence-electron chi connectivity index (χ0n) is 15.5. The number of nitrogens with two attached hydrogens (primary N) is 2. The summed E-state index contributed by atoms with van der Waals surface area (Å²) in [6.07, 6.45) is 1.32. The summed E-state index contributed by atoms with van der Waals surface area (Å²) in [7, 11) is 1.73. The van der Waals surface area contributed by atoms with Crippen molar-refractivity contribution in [3.63, 3.8) is 0 Å². The van der Waals surface area contributed by atoms with Gasteiger partial charge in [0.2, 0.25) is 11.8 Å². The number of carbonyl (C=O) groups excluding carboxylic acids is 3. The molecule has 4 N–H and O–H groups in total. The quantitative estimate of drug-likeness (QED) is 0.700. The first kappa shape index (κ1) is 19.3. The predicted octanol–water partition coefficient (Wildman–Crippen LogP) is -0.434. The van der Waals surface area contributed by atoms with Crippen LogP contribution in [0.2, 0.25) is 0 Å². The molecule has 27 heavy (non-hydrogen) atoms. The fourth-order valence-corrected chi connectivity index (χ4v) is 3.87. The summed E-state index contributed by atoms with van der Waals surface area (Å²) in [5.41, 5.74) is 12.3. The Hall–Kier alpha value is -2.45. The van der Waals surface area contributed by atoms with Gasteiger partial charge in [-0.15, -0.1) is 0 Å². The lowest BCUT2D eigenvalue weighted by molar-refractivity contribution is -0.129. The van der Waals surface area contributed by atoms with E-state index in [-0.39, 0.29) is 25.1 Å². The predicted molar refractivity (Wildman–Crippen MR) is 98.4 cm³/mol. The summed E-state index contributed by atoms with van der Waals surface area (Å²) >= 11 is 0. The number of primary amides is 2. The molecule has 1 aromatic rings. The summed E-state index contributed by atoms with van der Waals surface area (Å²) < 4.78 is 5.38. The molecule has 0 spiro atoms. The number of nitrogens with zero attached hydrogens (tertiary/aromatic N) is 2. The van der Waals surface area contributed by atoms with Crippen molar-refractivity contribution >= 4 is 17.7 Å². The molecule has 2 aliphatic heterocycles. The van der Waals surface area contributed by atoms with Gasteiger partial charge in [0.1, 0.15) is 0 Å². The number of methoxy groups -OCH3 is 1. The number of rotatable bonds is 6. The first-order chi connectivity index (χ1) is 12.9. The van der Waals surface area contributed by atoms with Gasteiger partial charge in [-0.3, -0.25) is 19.3 Å². The van der Waals surface area contributed by atoms with E-state index in [4.69, 9.17) is 16.2 Å². The van der Waals surface area contributed by atoms with E-state index in [9.17, 15) is 14.4 Å². The molecule has 0 unspecified atom stereocenters. The van der Waals surface area contributed by atoms with Gasteiger partial charge in [-0.2, -0.15) is 0 Å². The normalized spacial score (nSPS) is 25.7. The molecule has 0 aliphatic carbocycles. The van der Waals surface area contributed by atoms with Crippen LogP contribution in [-0.4, -0.2) is 66.9 Å². The fraction of sp³-hybridized carbons (Fsp3) is 0.526. The second-order valence-electron chi connectivity index (χ2n) is 7.31. The van der Waals surface area contributed by atoms with Gasteiger partial charge in [-0.05, 0) is 24.1 Å². The SMILES string of the molecule is CO[C@@H]1CCN(Cc2ccc(C(=O)N3C[C@@H](C(N)=O)[C@H](C(N)=O)C3)cc2)C1. The minimum atomic E-state index is -0.727. The van der Waals surface area contributed by atoms with Crippen molar-refractivity contribution in [2.45, 2.75) is 19.1 Å². The van der Waals surface area contributed by atoms with Crippen molar-refractivity contribution in [2.24, 2.45) is 23.3 Å². The maximum Gasteiger partial charge on any atom is 0.253 e. The molecule has 2 aliphatic rings. The van der Waals surface area contributed by atoms with Crippen LogP contribution >= 0.6 is 0 Å². The molecular formula is C19H26N4O4. The Bertz CT molecular complexity index is 699. The van der Waals surface area contributed by atoms with Crippen LogP contribution in [0.5, 0.6) is 0 Å². The molecular weight excluding hydrogens is 348 g/mol. The molecule has 3 amide bonds. The van der Waals surface area contributed by atoms with Gasteiger partial charge in [0.25, 0.3) is 5.91 Å². The molecule has 3 rings (SSSR count). The molecule has 8 heteroatoms. The van der Waals surface area contributed by atoms with Crippen molar-refractivity contribution in [1.29, 1.82) is 0 Å². The second kappa shape index (κ2) is 8.06. The van der Waals surface area contributed by atoms with Gasteiger partial charge in [-0.1, -0.05) is 12.1 Å². The Morgan fingerprint density at radius 3 is 2.11 bits per heavy atom. The largest absolute Gasteiger partial charge is 0.380 e. The maximum absolute atomic E-state index is 12.7. The van der Waals surface area contributed by atoms with Gasteiger partial charge in [0, 0.05) is 45.4 Å². The maximum atomic E-state index is 12.7. The molecule has 2 saturated heterocycles. The Morgan fingerprint density at radius 1 is 1.04 bits per heavy atom. The number of likely N-dealkylation sites (tertiary alicyclic amines) is 2. The van der Waals surface area contributed by atoms with E-state index in [1.54, 1.807) is 19.2 Å². The first-order valence-corrected chi connectivity index (χ1v) is 9.11.